The highest BCUT2D eigenvalue weighted by Gasteiger charge is 2.04. The average molecular weight is 254 g/mol. The van der Waals surface area contributed by atoms with Gasteiger partial charge in [-0.1, -0.05) is 43.7 Å². The summed E-state index contributed by atoms with van der Waals surface area (Å²) in [6, 6.07) is 13.4. The van der Waals surface area contributed by atoms with Crippen molar-refractivity contribution in [1.29, 1.82) is 0 Å². The number of pyridine rings is 1. The highest BCUT2D eigenvalue weighted by molar-refractivity contribution is 5.25. The van der Waals surface area contributed by atoms with Gasteiger partial charge in [0.25, 0.3) is 0 Å². The molecule has 1 unspecified atom stereocenters. The summed E-state index contributed by atoms with van der Waals surface area (Å²) in [6.45, 7) is 5.27. The van der Waals surface area contributed by atoms with Crippen LogP contribution in [0, 0.1) is 0 Å². The lowest BCUT2D eigenvalue weighted by Crippen LogP contribution is -2.18. The van der Waals surface area contributed by atoms with Crippen LogP contribution in [0.25, 0.3) is 0 Å². The minimum absolute atomic E-state index is 0.357. The summed E-state index contributed by atoms with van der Waals surface area (Å²) < 4.78 is 0. The largest absolute Gasteiger partial charge is 0.306 e. The Morgan fingerprint density at radius 1 is 1.11 bits per heavy atom. The Labute approximate surface area is 115 Å². The van der Waals surface area contributed by atoms with Gasteiger partial charge in [0.05, 0.1) is 0 Å². The number of hydrogen-bond acceptors (Lipinski definition) is 2. The molecule has 0 saturated carbocycles. The Bertz CT molecular complexity index is 476. The molecule has 0 fully saturated rings. The molecule has 0 aliphatic heterocycles. The first-order valence-corrected chi connectivity index (χ1v) is 7.00. The summed E-state index contributed by atoms with van der Waals surface area (Å²) in [5, 5.41) is 3.53. The zero-order chi connectivity index (χ0) is 13.5. The standard InChI is InChI=1S/C17H22N2/c1-3-5-15-7-9-17(10-8-15)14(2)19-13-16-6-4-11-18-12-16/h4,6-12,14,19H,3,5,13H2,1-2H3. The molecule has 0 spiro atoms. The molecule has 0 amide bonds. The van der Waals surface area contributed by atoms with E-state index >= 15 is 0 Å². The van der Waals surface area contributed by atoms with Crippen molar-refractivity contribution in [3.05, 3.63) is 65.5 Å². The maximum Gasteiger partial charge on any atom is 0.0312 e. The Hall–Kier alpha value is -1.67. The highest BCUT2D eigenvalue weighted by Crippen LogP contribution is 2.14. The predicted octanol–water partition coefficient (Wildman–Crippen LogP) is 3.88. The Morgan fingerprint density at radius 3 is 2.53 bits per heavy atom. The third-order valence-electron chi connectivity index (χ3n) is 3.35. The van der Waals surface area contributed by atoms with Gasteiger partial charge in [-0.15, -0.1) is 0 Å². The van der Waals surface area contributed by atoms with Crippen molar-refractivity contribution in [3.63, 3.8) is 0 Å². The van der Waals surface area contributed by atoms with Gasteiger partial charge in [-0.2, -0.15) is 0 Å². The molecular formula is C17H22N2. The Balaban J connectivity index is 1.90. The van der Waals surface area contributed by atoms with E-state index in [1.165, 1.54) is 23.1 Å². The van der Waals surface area contributed by atoms with E-state index in [-0.39, 0.29) is 0 Å². The maximum absolute atomic E-state index is 4.13. The molecule has 19 heavy (non-hydrogen) atoms. The van der Waals surface area contributed by atoms with E-state index in [0.717, 1.165) is 13.0 Å². The van der Waals surface area contributed by atoms with Gasteiger partial charge in [-0.05, 0) is 36.1 Å². The second-order valence-corrected chi connectivity index (χ2v) is 4.96. The molecule has 1 aromatic carbocycles. The first-order valence-electron chi connectivity index (χ1n) is 7.00. The van der Waals surface area contributed by atoms with Crippen LogP contribution < -0.4 is 5.32 Å². The molecule has 100 valence electrons. The summed E-state index contributed by atoms with van der Waals surface area (Å²) in [4.78, 5) is 4.13. The van der Waals surface area contributed by atoms with E-state index < -0.39 is 0 Å². The molecule has 2 rings (SSSR count). The van der Waals surface area contributed by atoms with Crippen LogP contribution in [0.5, 0.6) is 0 Å². The molecule has 0 radical (unpaired) electrons. The van der Waals surface area contributed by atoms with Crippen LogP contribution in [0.2, 0.25) is 0 Å². The summed E-state index contributed by atoms with van der Waals surface area (Å²) in [6.07, 6.45) is 6.08. The fourth-order valence-corrected chi connectivity index (χ4v) is 2.15. The van der Waals surface area contributed by atoms with Gasteiger partial charge in [0.2, 0.25) is 0 Å². The maximum atomic E-state index is 4.13. The fraction of sp³-hybridized carbons (Fsp3) is 0.353. The van der Waals surface area contributed by atoms with E-state index in [0.29, 0.717) is 6.04 Å². The lowest BCUT2D eigenvalue weighted by molar-refractivity contribution is 0.573. The predicted molar refractivity (Wildman–Crippen MR) is 79.9 cm³/mol. The van der Waals surface area contributed by atoms with Crippen molar-refractivity contribution in [2.24, 2.45) is 0 Å². The molecule has 1 N–H and O–H groups in total. The van der Waals surface area contributed by atoms with Crippen LogP contribution in [-0.4, -0.2) is 4.98 Å². The summed E-state index contributed by atoms with van der Waals surface area (Å²) in [7, 11) is 0. The van der Waals surface area contributed by atoms with Gasteiger partial charge >= 0.3 is 0 Å². The highest BCUT2D eigenvalue weighted by atomic mass is 14.9. The van der Waals surface area contributed by atoms with Crippen molar-refractivity contribution in [1.82, 2.24) is 10.3 Å². The van der Waals surface area contributed by atoms with E-state index in [9.17, 15) is 0 Å². The van der Waals surface area contributed by atoms with Gasteiger partial charge in [-0.25, -0.2) is 0 Å². The van der Waals surface area contributed by atoms with Crippen molar-refractivity contribution >= 4 is 0 Å². The molecule has 1 atom stereocenters. The van der Waals surface area contributed by atoms with E-state index in [4.69, 9.17) is 0 Å². The van der Waals surface area contributed by atoms with E-state index in [2.05, 4.69) is 54.5 Å². The second-order valence-electron chi connectivity index (χ2n) is 4.96. The zero-order valence-corrected chi connectivity index (χ0v) is 11.8. The van der Waals surface area contributed by atoms with Crippen LogP contribution in [0.1, 0.15) is 43.0 Å². The molecule has 1 heterocycles. The quantitative estimate of drug-likeness (QED) is 0.846. The monoisotopic (exact) mass is 254 g/mol. The molecule has 1 aromatic heterocycles. The topological polar surface area (TPSA) is 24.9 Å². The van der Waals surface area contributed by atoms with Crippen LogP contribution >= 0.6 is 0 Å². The van der Waals surface area contributed by atoms with Gasteiger partial charge < -0.3 is 5.32 Å². The van der Waals surface area contributed by atoms with Crippen LogP contribution in [0.3, 0.4) is 0 Å². The number of aryl methyl sites for hydroxylation is 1. The van der Waals surface area contributed by atoms with Crippen molar-refractivity contribution in [3.8, 4) is 0 Å². The summed E-state index contributed by atoms with van der Waals surface area (Å²) >= 11 is 0. The number of rotatable bonds is 6. The van der Waals surface area contributed by atoms with Crippen molar-refractivity contribution < 1.29 is 0 Å². The minimum atomic E-state index is 0.357. The third kappa shape index (κ3) is 4.18. The molecule has 2 aromatic rings. The van der Waals surface area contributed by atoms with Gasteiger partial charge in [0, 0.05) is 25.0 Å². The number of benzene rings is 1. The molecule has 0 saturated heterocycles. The summed E-state index contributed by atoms with van der Waals surface area (Å²) in [5.74, 6) is 0. The number of aromatic nitrogens is 1. The molecular weight excluding hydrogens is 232 g/mol. The van der Waals surface area contributed by atoms with E-state index in [1.54, 1.807) is 6.20 Å². The average Bonchev–Trinajstić information content (AvgIpc) is 2.47. The summed E-state index contributed by atoms with van der Waals surface area (Å²) in [5.41, 5.74) is 3.98. The lowest BCUT2D eigenvalue weighted by atomic mass is 10.0. The Morgan fingerprint density at radius 2 is 1.89 bits per heavy atom. The van der Waals surface area contributed by atoms with Crippen LogP contribution in [-0.2, 0) is 13.0 Å². The Kier molecular flexibility index (Phi) is 5.10. The zero-order valence-electron chi connectivity index (χ0n) is 11.8. The van der Waals surface area contributed by atoms with Gasteiger partial charge in [0.15, 0.2) is 0 Å². The number of nitrogens with zero attached hydrogens (tertiary/aromatic N) is 1. The molecule has 0 bridgehead atoms. The van der Waals surface area contributed by atoms with Gasteiger partial charge in [-0.3, -0.25) is 4.98 Å². The smallest absolute Gasteiger partial charge is 0.0312 e. The molecule has 0 aliphatic rings. The lowest BCUT2D eigenvalue weighted by Gasteiger charge is -2.14. The first kappa shape index (κ1) is 13.8. The van der Waals surface area contributed by atoms with Crippen molar-refractivity contribution in [2.75, 3.05) is 0 Å². The second kappa shape index (κ2) is 7.05. The first-order chi connectivity index (χ1) is 9.29. The fourth-order valence-electron chi connectivity index (χ4n) is 2.15. The van der Waals surface area contributed by atoms with Crippen LogP contribution in [0.4, 0.5) is 0 Å². The van der Waals surface area contributed by atoms with Crippen molar-refractivity contribution in [2.45, 2.75) is 39.3 Å². The van der Waals surface area contributed by atoms with E-state index in [1.807, 2.05) is 12.3 Å². The SMILES string of the molecule is CCCc1ccc(C(C)NCc2cccnc2)cc1. The minimum Gasteiger partial charge on any atom is -0.306 e. The molecule has 2 nitrogen and oxygen atoms in total. The number of nitrogens with one attached hydrogen (secondary N) is 1. The third-order valence-corrected chi connectivity index (χ3v) is 3.35. The number of hydrogen-bond donors (Lipinski definition) is 1. The normalized spacial score (nSPS) is 12.3. The van der Waals surface area contributed by atoms with Gasteiger partial charge in [0.1, 0.15) is 0 Å². The molecule has 0 aliphatic carbocycles. The molecule has 2 heteroatoms. The van der Waals surface area contributed by atoms with Crippen LogP contribution in [0.15, 0.2) is 48.8 Å².